The minimum Gasteiger partial charge on any atom is -0.497 e. The number of rotatable bonds is 5. The Morgan fingerprint density at radius 1 is 0.909 bits per heavy atom. The summed E-state index contributed by atoms with van der Waals surface area (Å²) in [7, 11) is -0.867. The van der Waals surface area contributed by atoms with Crippen LogP contribution in [0.4, 0.5) is 5.69 Å². The van der Waals surface area contributed by atoms with Crippen molar-refractivity contribution in [2.75, 3.05) is 18.9 Å². The molecule has 22 heavy (non-hydrogen) atoms. The summed E-state index contributed by atoms with van der Waals surface area (Å²) in [6.45, 7) is 3.83. The Hall–Kier alpha value is -2.21. The summed E-state index contributed by atoms with van der Waals surface area (Å²) in [6.07, 6.45) is 0. The van der Waals surface area contributed by atoms with E-state index in [0.29, 0.717) is 11.4 Å². The molecule has 2 aromatic rings. The zero-order valence-corrected chi connectivity index (χ0v) is 13.8. The Morgan fingerprint density at radius 2 is 1.55 bits per heavy atom. The van der Waals surface area contributed by atoms with Crippen LogP contribution in [0.15, 0.2) is 41.3 Å². The summed E-state index contributed by atoms with van der Waals surface area (Å²) in [4.78, 5) is 0.0357. The predicted octanol–water partition coefficient (Wildman–Crippen LogP) is 3.12. The van der Waals surface area contributed by atoms with E-state index in [1.54, 1.807) is 24.3 Å². The number of methoxy groups -OCH3 is 2. The van der Waals surface area contributed by atoms with Crippen LogP contribution in [0.5, 0.6) is 11.5 Å². The van der Waals surface area contributed by atoms with Crippen molar-refractivity contribution in [2.24, 2.45) is 0 Å². The number of sulfonamides is 1. The number of ether oxygens (including phenoxy) is 2. The highest BCUT2D eigenvalue weighted by atomic mass is 32.2. The van der Waals surface area contributed by atoms with E-state index in [1.165, 1.54) is 20.3 Å². The summed E-state index contributed by atoms with van der Waals surface area (Å²) in [5, 5.41) is 0. The van der Waals surface area contributed by atoms with Crippen molar-refractivity contribution in [2.45, 2.75) is 18.7 Å². The maximum Gasteiger partial charge on any atom is 0.265 e. The van der Waals surface area contributed by atoms with Gasteiger partial charge in [0.05, 0.1) is 14.2 Å². The van der Waals surface area contributed by atoms with E-state index in [-0.39, 0.29) is 10.6 Å². The van der Waals surface area contributed by atoms with Crippen LogP contribution in [0.25, 0.3) is 0 Å². The van der Waals surface area contributed by atoms with Crippen LogP contribution in [-0.2, 0) is 10.0 Å². The smallest absolute Gasteiger partial charge is 0.265 e. The highest BCUT2D eigenvalue weighted by molar-refractivity contribution is 7.92. The molecular weight excluding hydrogens is 302 g/mol. The van der Waals surface area contributed by atoms with Crippen LogP contribution >= 0.6 is 0 Å². The van der Waals surface area contributed by atoms with Crippen molar-refractivity contribution in [1.29, 1.82) is 0 Å². The van der Waals surface area contributed by atoms with Gasteiger partial charge >= 0.3 is 0 Å². The van der Waals surface area contributed by atoms with Crippen LogP contribution in [0.2, 0.25) is 0 Å². The summed E-state index contributed by atoms with van der Waals surface area (Å²) >= 11 is 0. The second-order valence-corrected chi connectivity index (χ2v) is 6.65. The average molecular weight is 321 g/mol. The van der Waals surface area contributed by atoms with Gasteiger partial charge in [-0.3, -0.25) is 4.72 Å². The minimum atomic E-state index is -3.78. The number of hydrogen-bond donors (Lipinski definition) is 1. The second-order valence-electron chi connectivity index (χ2n) is 5.00. The molecule has 2 aromatic carbocycles. The molecule has 0 bridgehead atoms. The topological polar surface area (TPSA) is 64.6 Å². The van der Waals surface area contributed by atoms with Gasteiger partial charge in [-0.2, -0.15) is 0 Å². The van der Waals surface area contributed by atoms with Gasteiger partial charge in [0.25, 0.3) is 10.0 Å². The van der Waals surface area contributed by atoms with Crippen LogP contribution in [-0.4, -0.2) is 22.6 Å². The monoisotopic (exact) mass is 321 g/mol. The van der Waals surface area contributed by atoms with E-state index in [2.05, 4.69) is 4.72 Å². The molecule has 0 amide bonds. The number of aryl methyl sites for hydroxylation is 2. The van der Waals surface area contributed by atoms with Crippen molar-refractivity contribution in [3.63, 3.8) is 0 Å². The molecule has 0 radical (unpaired) electrons. The van der Waals surface area contributed by atoms with E-state index in [0.717, 1.165) is 11.1 Å². The molecule has 6 heteroatoms. The number of benzene rings is 2. The molecule has 1 N–H and O–H groups in total. The predicted molar refractivity (Wildman–Crippen MR) is 86.3 cm³/mol. The lowest BCUT2D eigenvalue weighted by Crippen LogP contribution is -2.14. The fourth-order valence-corrected chi connectivity index (χ4v) is 3.46. The molecular formula is C16H19NO4S. The lowest BCUT2D eigenvalue weighted by molar-refractivity contribution is 0.392. The van der Waals surface area contributed by atoms with Crippen LogP contribution in [0.3, 0.4) is 0 Å². The van der Waals surface area contributed by atoms with Gasteiger partial charge in [0, 0.05) is 11.8 Å². The van der Waals surface area contributed by atoms with E-state index < -0.39 is 10.0 Å². The van der Waals surface area contributed by atoms with Crippen molar-refractivity contribution < 1.29 is 17.9 Å². The Labute approximate surface area is 130 Å². The Bertz CT molecular complexity index is 764. The molecule has 0 heterocycles. The van der Waals surface area contributed by atoms with Crippen LogP contribution in [0, 0.1) is 13.8 Å². The SMILES string of the molecule is COc1ccc(OC)c(S(=O)(=O)Nc2cc(C)cc(C)c2)c1. The molecule has 0 atom stereocenters. The third-order valence-corrected chi connectivity index (χ3v) is 4.54. The van der Waals surface area contributed by atoms with E-state index >= 15 is 0 Å². The molecule has 0 unspecified atom stereocenters. The van der Waals surface area contributed by atoms with Gasteiger partial charge in [-0.25, -0.2) is 8.42 Å². The summed E-state index contributed by atoms with van der Waals surface area (Å²) in [5.41, 5.74) is 2.48. The molecule has 0 saturated heterocycles. The molecule has 0 saturated carbocycles. The average Bonchev–Trinajstić information content (AvgIpc) is 2.44. The van der Waals surface area contributed by atoms with Gasteiger partial charge in [-0.05, 0) is 49.2 Å². The summed E-state index contributed by atoms with van der Waals surface area (Å²) in [6, 6.07) is 10.2. The number of anilines is 1. The van der Waals surface area contributed by atoms with Gasteiger partial charge in [-0.15, -0.1) is 0 Å². The van der Waals surface area contributed by atoms with Gasteiger partial charge in [-0.1, -0.05) is 6.07 Å². The molecule has 0 spiro atoms. The quantitative estimate of drug-likeness (QED) is 0.919. The standard InChI is InChI=1S/C16H19NO4S/c1-11-7-12(2)9-13(8-11)17-22(18,19)16-10-14(20-3)5-6-15(16)21-4/h5-10,17H,1-4H3. The zero-order chi connectivity index (χ0) is 16.3. The molecule has 0 fully saturated rings. The van der Waals surface area contributed by atoms with Gasteiger partial charge in [0.15, 0.2) is 0 Å². The fraction of sp³-hybridized carbons (Fsp3) is 0.250. The Kier molecular flexibility index (Phi) is 4.61. The molecule has 0 aromatic heterocycles. The second kappa shape index (κ2) is 6.27. The lowest BCUT2D eigenvalue weighted by Gasteiger charge is -2.13. The lowest BCUT2D eigenvalue weighted by atomic mass is 10.1. The third-order valence-electron chi connectivity index (χ3n) is 3.13. The van der Waals surface area contributed by atoms with Crippen LogP contribution < -0.4 is 14.2 Å². The zero-order valence-electron chi connectivity index (χ0n) is 13.0. The number of nitrogens with one attached hydrogen (secondary N) is 1. The fourth-order valence-electron chi connectivity index (χ4n) is 2.24. The Morgan fingerprint density at radius 3 is 2.09 bits per heavy atom. The maximum absolute atomic E-state index is 12.6. The normalized spacial score (nSPS) is 11.1. The minimum absolute atomic E-state index is 0.0357. The van der Waals surface area contributed by atoms with Crippen LogP contribution in [0.1, 0.15) is 11.1 Å². The first-order valence-corrected chi connectivity index (χ1v) is 8.17. The first-order chi connectivity index (χ1) is 10.4. The third kappa shape index (κ3) is 3.51. The van der Waals surface area contributed by atoms with Gasteiger partial charge in [0.1, 0.15) is 16.4 Å². The summed E-state index contributed by atoms with van der Waals surface area (Å²) < 4.78 is 38.1. The first kappa shape index (κ1) is 16.2. The van der Waals surface area contributed by atoms with Gasteiger partial charge in [0.2, 0.25) is 0 Å². The van der Waals surface area contributed by atoms with Crippen molar-refractivity contribution in [1.82, 2.24) is 0 Å². The van der Waals surface area contributed by atoms with Crippen molar-refractivity contribution in [3.8, 4) is 11.5 Å². The first-order valence-electron chi connectivity index (χ1n) is 6.69. The Balaban J connectivity index is 2.46. The highest BCUT2D eigenvalue weighted by Crippen LogP contribution is 2.30. The molecule has 0 aliphatic heterocycles. The maximum atomic E-state index is 12.6. The number of hydrogen-bond acceptors (Lipinski definition) is 4. The van der Waals surface area contributed by atoms with Crippen molar-refractivity contribution in [3.05, 3.63) is 47.5 Å². The van der Waals surface area contributed by atoms with E-state index in [1.807, 2.05) is 19.9 Å². The molecule has 118 valence electrons. The molecule has 0 aliphatic rings. The molecule has 5 nitrogen and oxygen atoms in total. The van der Waals surface area contributed by atoms with E-state index in [4.69, 9.17) is 9.47 Å². The van der Waals surface area contributed by atoms with E-state index in [9.17, 15) is 8.42 Å². The molecule has 0 aliphatic carbocycles. The molecule has 2 rings (SSSR count). The summed E-state index contributed by atoms with van der Waals surface area (Å²) in [5.74, 6) is 0.708. The highest BCUT2D eigenvalue weighted by Gasteiger charge is 2.21. The van der Waals surface area contributed by atoms with Crippen molar-refractivity contribution >= 4 is 15.7 Å². The van der Waals surface area contributed by atoms with Gasteiger partial charge < -0.3 is 9.47 Å². The largest absolute Gasteiger partial charge is 0.497 e.